The minimum Gasteiger partial charge on any atom is -0.395 e. The zero-order valence-corrected chi connectivity index (χ0v) is 9.21. The summed E-state index contributed by atoms with van der Waals surface area (Å²) in [6.07, 6.45) is 7.96. The molecule has 0 amide bonds. The monoisotopic (exact) mass is 197 g/mol. The lowest BCUT2D eigenvalue weighted by Crippen LogP contribution is -2.41. The molecular formula is C12H23NO. The molecule has 1 rings (SSSR count). The molecule has 0 aliphatic heterocycles. The molecule has 0 spiro atoms. The first-order chi connectivity index (χ1) is 6.81. The molecule has 14 heavy (non-hydrogen) atoms. The highest BCUT2D eigenvalue weighted by Crippen LogP contribution is 2.34. The molecule has 1 saturated carbocycles. The van der Waals surface area contributed by atoms with Gasteiger partial charge in [-0.3, -0.25) is 0 Å². The molecule has 0 aromatic heterocycles. The minimum atomic E-state index is 0.258. The average molecular weight is 197 g/mol. The Bertz CT molecular complexity index is 162. The molecule has 0 radical (unpaired) electrons. The van der Waals surface area contributed by atoms with Crippen LogP contribution in [-0.4, -0.2) is 23.8 Å². The van der Waals surface area contributed by atoms with Crippen LogP contribution in [0.3, 0.4) is 0 Å². The van der Waals surface area contributed by atoms with Gasteiger partial charge in [-0.25, -0.2) is 0 Å². The Morgan fingerprint density at radius 1 is 1.57 bits per heavy atom. The molecule has 0 heterocycles. The van der Waals surface area contributed by atoms with Crippen molar-refractivity contribution in [3.8, 4) is 0 Å². The third-order valence-electron chi connectivity index (χ3n) is 3.04. The van der Waals surface area contributed by atoms with Gasteiger partial charge in [-0.2, -0.15) is 0 Å². The van der Waals surface area contributed by atoms with Crippen LogP contribution in [0.1, 0.15) is 39.0 Å². The predicted octanol–water partition coefficient (Wildman–Crippen LogP) is 2.09. The van der Waals surface area contributed by atoms with Crippen LogP contribution in [0.2, 0.25) is 0 Å². The molecular weight excluding hydrogens is 174 g/mol. The van der Waals surface area contributed by atoms with Crippen molar-refractivity contribution in [1.29, 1.82) is 0 Å². The molecule has 2 nitrogen and oxygen atoms in total. The second kappa shape index (κ2) is 6.20. The third kappa shape index (κ3) is 3.81. The van der Waals surface area contributed by atoms with Gasteiger partial charge < -0.3 is 10.4 Å². The Hall–Kier alpha value is -0.340. The molecule has 0 saturated heterocycles. The van der Waals surface area contributed by atoms with E-state index in [1.54, 1.807) is 0 Å². The zero-order chi connectivity index (χ0) is 10.4. The molecule has 1 aliphatic carbocycles. The summed E-state index contributed by atoms with van der Waals surface area (Å²) in [5.74, 6) is 0.857. The predicted molar refractivity (Wildman–Crippen MR) is 60.2 cm³/mol. The fourth-order valence-electron chi connectivity index (χ4n) is 1.85. The van der Waals surface area contributed by atoms with E-state index in [1.807, 2.05) is 6.08 Å². The standard InChI is InChI=1S/C12H23NO/c1-3-5-6-12(10-7-8-10)13-11(4-2)9-14/h3,10-14H,1,4-9H2,2H3/t11-,12?/m1/s1. The molecule has 0 bridgehead atoms. The van der Waals surface area contributed by atoms with Crippen molar-refractivity contribution in [1.82, 2.24) is 5.32 Å². The summed E-state index contributed by atoms with van der Waals surface area (Å²) >= 11 is 0. The highest BCUT2D eigenvalue weighted by molar-refractivity contribution is 4.89. The fraction of sp³-hybridized carbons (Fsp3) is 0.833. The first kappa shape index (κ1) is 11.7. The van der Waals surface area contributed by atoms with Crippen molar-refractivity contribution in [3.63, 3.8) is 0 Å². The molecule has 1 aliphatic rings. The van der Waals surface area contributed by atoms with Crippen LogP contribution in [-0.2, 0) is 0 Å². The number of aliphatic hydroxyl groups excluding tert-OH is 1. The fourth-order valence-corrected chi connectivity index (χ4v) is 1.85. The Morgan fingerprint density at radius 2 is 2.29 bits per heavy atom. The number of aliphatic hydroxyl groups is 1. The van der Waals surface area contributed by atoms with Gasteiger partial charge in [-0.1, -0.05) is 13.0 Å². The lowest BCUT2D eigenvalue weighted by atomic mass is 10.0. The van der Waals surface area contributed by atoms with Gasteiger partial charge in [-0.15, -0.1) is 6.58 Å². The summed E-state index contributed by atoms with van der Waals surface area (Å²) in [5.41, 5.74) is 0. The van der Waals surface area contributed by atoms with Crippen LogP contribution in [0.25, 0.3) is 0 Å². The first-order valence-electron chi connectivity index (χ1n) is 5.79. The third-order valence-corrected chi connectivity index (χ3v) is 3.04. The Kier molecular flexibility index (Phi) is 5.20. The van der Waals surface area contributed by atoms with E-state index >= 15 is 0 Å². The van der Waals surface area contributed by atoms with Crippen molar-refractivity contribution in [2.45, 2.75) is 51.1 Å². The van der Waals surface area contributed by atoms with Crippen LogP contribution in [0.5, 0.6) is 0 Å². The average Bonchev–Trinajstić information content (AvgIpc) is 3.02. The Labute approximate surface area is 87.4 Å². The summed E-state index contributed by atoms with van der Waals surface area (Å²) in [5, 5.41) is 12.7. The second-order valence-corrected chi connectivity index (χ2v) is 4.26. The largest absolute Gasteiger partial charge is 0.395 e. The van der Waals surface area contributed by atoms with Gasteiger partial charge in [0.2, 0.25) is 0 Å². The van der Waals surface area contributed by atoms with Gasteiger partial charge >= 0.3 is 0 Å². The van der Waals surface area contributed by atoms with Crippen molar-refractivity contribution in [3.05, 3.63) is 12.7 Å². The molecule has 1 fully saturated rings. The van der Waals surface area contributed by atoms with Crippen LogP contribution in [0, 0.1) is 5.92 Å². The lowest BCUT2D eigenvalue weighted by molar-refractivity contribution is 0.220. The molecule has 2 atom stereocenters. The van der Waals surface area contributed by atoms with E-state index in [2.05, 4.69) is 18.8 Å². The van der Waals surface area contributed by atoms with Crippen LogP contribution >= 0.6 is 0 Å². The lowest BCUT2D eigenvalue weighted by Gasteiger charge is -2.23. The number of hydrogen-bond donors (Lipinski definition) is 2. The summed E-state index contributed by atoms with van der Waals surface area (Å²) < 4.78 is 0. The van der Waals surface area contributed by atoms with Gasteiger partial charge in [0.05, 0.1) is 6.61 Å². The maximum atomic E-state index is 9.12. The molecule has 1 unspecified atom stereocenters. The summed E-state index contributed by atoms with van der Waals surface area (Å²) in [7, 11) is 0. The summed E-state index contributed by atoms with van der Waals surface area (Å²) in [6.45, 7) is 6.13. The number of allylic oxidation sites excluding steroid dienone is 1. The van der Waals surface area contributed by atoms with Crippen LogP contribution in [0.4, 0.5) is 0 Å². The van der Waals surface area contributed by atoms with E-state index < -0.39 is 0 Å². The topological polar surface area (TPSA) is 32.3 Å². The first-order valence-corrected chi connectivity index (χ1v) is 5.79. The zero-order valence-electron chi connectivity index (χ0n) is 9.21. The van der Waals surface area contributed by atoms with E-state index in [9.17, 15) is 0 Å². The van der Waals surface area contributed by atoms with Crippen molar-refractivity contribution >= 4 is 0 Å². The molecule has 0 aromatic carbocycles. The number of rotatable bonds is 8. The summed E-state index contributed by atoms with van der Waals surface area (Å²) in [4.78, 5) is 0. The van der Waals surface area contributed by atoms with Gasteiger partial charge in [-0.05, 0) is 38.0 Å². The normalized spacial score (nSPS) is 20.4. The molecule has 0 aromatic rings. The van der Waals surface area contributed by atoms with Crippen LogP contribution in [0.15, 0.2) is 12.7 Å². The van der Waals surface area contributed by atoms with Crippen LogP contribution < -0.4 is 5.32 Å². The van der Waals surface area contributed by atoms with E-state index in [-0.39, 0.29) is 12.6 Å². The smallest absolute Gasteiger partial charge is 0.0584 e. The van der Waals surface area contributed by atoms with E-state index in [0.717, 1.165) is 18.8 Å². The highest BCUT2D eigenvalue weighted by Gasteiger charge is 2.31. The van der Waals surface area contributed by atoms with Gasteiger partial charge in [0.15, 0.2) is 0 Å². The second-order valence-electron chi connectivity index (χ2n) is 4.26. The van der Waals surface area contributed by atoms with Crippen molar-refractivity contribution in [2.24, 2.45) is 5.92 Å². The van der Waals surface area contributed by atoms with Gasteiger partial charge in [0, 0.05) is 12.1 Å². The van der Waals surface area contributed by atoms with E-state index in [4.69, 9.17) is 5.11 Å². The molecule has 82 valence electrons. The molecule has 2 heteroatoms. The quantitative estimate of drug-likeness (QED) is 0.584. The SMILES string of the molecule is C=CCCC(N[C@H](CC)CO)C1CC1. The van der Waals surface area contributed by atoms with Gasteiger partial charge in [0.1, 0.15) is 0 Å². The van der Waals surface area contributed by atoms with E-state index in [1.165, 1.54) is 19.3 Å². The molecule has 2 N–H and O–H groups in total. The minimum absolute atomic E-state index is 0.258. The van der Waals surface area contributed by atoms with E-state index in [0.29, 0.717) is 6.04 Å². The Morgan fingerprint density at radius 3 is 2.71 bits per heavy atom. The summed E-state index contributed by atoms with van der Waals surface area (Å²) in [6, 6.07) is 0.885. The number of nitrogens with one attached hydrogen (secondary N) is 1. The maximum Gasteiger partial charge on any atom is 0.0584 e. The maximum absolute atomic E-state index is 9.12. The highest BCUT2D eigenvalue weighted by atomic mass is 16.3. The van der Waals surface area contributed by atoms with Crippen molar-refractivity contribution < 1.29 is 5.11 Å². The number of hydrogen-bond acceptors (Lipinski definition) is 2. The van der Waals surface area contributed by atoms with Crippen molar-refractivity contribution in [2.75, 3.05) is 6.61 Å². The Balaban J connectivity index is 2.29. The van der Waals surface area contributed by atoms with Gasteiger partial charge in [0.25, 0.3) is 0 Å².